The minimum absolute atomic E-state index is 0. The van der Waals surface area contributed by atoms with Crippen molar-refractivity contribution in [2.75, 3.05) is 0 Å². The van der Waals surface area contributed by atoms with Crippen LogP contribution in [0.2, 0.25) is 0 Å². The highest BCUT2D eigenvalue weighted by molar-refractivity contribution is 8.00. The third-order valence-electron chi connectivity index (χ3n) is 4.06. The van der Waals surface area contributed by atoms with E-state index in [-0.39, 0.29) is 29.2 Å². The number of thioether (sulfide) groups is 1. The fraction of sp³-hybridized carbons (Fsp3) is 0.250. The van der Waals surface area contributed by atoms with Gasteiger partial charge < -0.3 is 27.4 Å². The average Bonchev–Trinajstić information content (AvgIpc) is 2.48. The average molecular weight is 354 g/mol. The Balaban J connectivity index is 0.00000192. The Morgan fingerprint density at radius 3 is 2.26 bits per heavy atom. The lowest BCUT2D eigenvalue weighted by atomic mass is 9.80. The molecule has 0 amide bonds. The van der Waals surface area contributed by atoms with Crippen molar-refractivity contribution >= 4 is 24.2 Å². The molecule has 0 unspecified atom stereocenters. The Morgan fingerprint density at radius 1 is 1.00 bits per heavy atom. The normalized spacial score (nSPS) is 22.0. The van der Waals surface area contributed by atoms with E-state index in [9.17, 15) is 10.2 Å². The molecule has 23 heavy (non-hydrogen) atoms. The highest BCUT2D eigenvalue weighted by Gasteiger charge is 2.42. The quantitative estimate of drug-likeness (QED) is 0.524. The second-order valence-electron chi connectivity index (χ2n) is 5.65. The van der Waals surface area contributed by atoms with E-state index in [0.717, 1.165) is 16.9 Å². The molecule has 1 aliphatic rings. The van der Waals surface area contributed by atoms with Gasteiger partial charge >= 0.3 is 0 Å². The first-order valence-corrected chi connectivity index (χ1v) is 7.87. The zero-order valence-corrected chi connectivity index (χ0v) is 14.0. The van der Waals surface area contributed by atoms with E-state index in [4.69, 9.17) is 17.2 Å². The van der Waals surface area contributed by atoms with Crippen LogP contribution in [0.1, 0.15) is 11.1 Å². The molecule has 0 aromatic heterocycles. The Bertz CT molecular complexity index is 694. The highest BCUT2D eigenvalue weighted by Crippen LogP contribution is 2.39. The molecule has 2 atom stereocenters. The SMILES string of the molecule is Cl.N[C@H]1[C@H](Sc2ccc(O)cc2)Cc2ccc(O)cc2C1(N)N. The van der Waals surface area contributed by atoms with Gasteiger partial charge in [0.25, 0.3) is 0 Å². The van der Waals surface area contributed by atoms with Crippen LogP contribution in [0.5, 0.6) is 11.5 Å². The summed E-state index contributed by atoms with van der Waals surface area (Å²) in [5, 5.41) is 19.0. The summed E-state index contributed by atoms with van der Waals surface area (Å²) in [7, 11) is 0. The number of fused-ring (bicyclic) bond motifs is 1. The third kappa shape index (κ3) is 3.41. The Labute approximate surface area is 145 Å². The molecule has 5 nitrogen and oxygen atoms in total. The number of aromatic hydroxyl groups is 2. The number of phenolic OH excluding ortho intramolecular Hbond substituents is 2. The number of rotatable bonds is 2. The number of hydrogen-bond donors (Lipinski definition) is 5. The van der Waals surface area contributed by atoms with Crippen molar-refractivity contribution in [2.24, 2.45) is 17.2 Å². The molecule has 0 radical (unpaired) electrons. The van der Waals surface area contributed by atoms with Crippen molar-refractivity contribution in [3.05, 3.63) is 53.6 Å². The molecule has 3 rings (SSSR count). The maximum absolute atomic E-state index is 9.65. The minimum atomic E-state index is -1.19. The molecule has 0 bridgehead atoms. The number of benzene rings is 2. The molecule has 1 aliphatic carbocycles. The molecule has 124 valence electrons. The van der Waals surface area contributed by atoms with Gasteiger partial charge in [-0.05, 0) is 53.9 Å². The maximum atomic E-state index is 9.65. The van der Waals surface area contributed by atoms with Crippen LogP contribution < -0.4 is 17.2 Å². The summed E-state index contributed by atoms with van der Waals surface area (Å²) in [6, 6.07) is 11.6. The van der Waals surface area contributed by atoms with Crippen molar-refractivity contribution < 1.29 is 10.2 Å². The van der Waals surface area contributed by atoms with Crippen LogP contribution in [0.4, 0.5) is 0 Å². The molecule has 0 spiro atoms. The highest BCUT2D eigenvalue weighted by atomic mass is 35.5. The van der Waals surface area contributed by atoms with Gasteiger partial charge in [-0.25, -0.2) is 0 Å². The smallest absolute Gasteiger partial charge is 0.115 e. The van der Waals surface area contributed by atoms with Gasteiger partial charge in [0.1, 0.15) is 17.2 Å². The van der Waals surface area contributed by atoms with E-state index in [2.05, 4.69) is 0 Å². The van der Waals surface area contributed by atoms with Crippen molar-refractivity contribution in [3.63, 3.8) is 0 Å². The molecule has 0 fully saturated rings. The van der Waals surface area contributed by atoms with E-state index >= 15 is 0 Å². The first-order chi connectivity index (χ1) is 10.4. The Kier molecular flexibility index (Phi) is 5.13. The van der Waals surface area contributed by atoms with E-state index in [0.29, 0.717) is 5.56 Å². The Morgan fingerprint density at radius 2 is 1.61 bits per heavy atom. The summed E-state index contributed by atoms with van der Waals surface area (Å²) in [5.74, 6) is 0.362. The second-order valence-corrected chi connectivity index (χ2v) is 6.97. The van der Waals surface area contributed by atoms with E-state index in [1.165, 1.54) is 0 Å². The number of hydrogen-bond acceptors (Lipinski definition) is 6. The van der Waals surface area contributed by atoms with Gasteiger partial charge in [-0.15, -0.1) is 24.2 Å². The molecule has 0 heterocycles. The van der Waals surface area contributed by atoms with Crippen LogP contribution in [0.25, 0.3) is 0 Å². The monoisotopic (exact) mass is 353 g/mol. The third-order valence-corrected chi connectivity index (χ3v) is 5.36. The zero-order valence-electron chi connectivity index (χ0n) is 12.3. The van der Waals surface area contributed by atoms with Crippen molar-refractivity contribution in [3.8, 4) is 11.5 Å². The lowest BCUT2D eigenvalue weighted by Crippen LogP contribution is -2.65. The molecule has 0 saturated carbocycles. The summed E-state index contributed by atoms with van der Waals surface area (Å²) < 4.78 is 0. The van der Waals surface area contributed by atoms with Crippen molar-refractivity contribution in [1.29, 1.82) is 0 Å². The summed E-state index contributed by atoms with van der Waals surface area (Å²) >= 11 is 1.59. The first-order valence-electron chi connectivity index (χ1n) is 6.99. The van der Waals surface area contributed by atoms with E-state index < -0.39 is 11.7 Å². The maximum Gasteiger partial charge on any atom is 0.115 e. The van der Waals surface area contributed by atoms with E-state index in [1.54, 1.807) is 36.0 Å². The predicted octanol–water partition coefficient (Wildman–Crippen LogP) is 1.63. The lowest BCUT2D eigenvalue weighted by Gasteiger charge is -2.42. The van der Waals surface area contributed by atoms with Gasteiger partial charge in [0.05, 0.1) is 6.04 Å². The van der Waals surface area contributed by atoms with Gasteiger partial charge in [-0.3, -0.25) is 0 Å². The number of halogens is 1. The number of phenols is 2. The summed E-state index contributed by atoms with van der Waals surface area (Å²) in [5.41, 5.74) is 19.3. The Hall–Kier alpha value is -1.44. The van der Waals surface area contributed by atoms with Gasteiger partial charge in [-0.1, -0.05) is 6.07 Å². The zero-order chi connectivity index (χ0) is 15.9. The first kappa shape index (κ1) is 17.9. The lowest BCUT2D eigenvalue weighted by molar-refractivity contribution is 0.331. The van der Waals surface area contributed by atoms with Crippen LogP contribution in [-0.2, 0) is 12.1 Å². The van der Waals surface area contributed by atoms with Crippen LogP contribution in [0, 0.1) is 0 Å². The van der Waals surface area contributed by atoms with Crippen molar-refractivity contribution in [2.45, 2.75) is 28.3 Å². The molecular weight excluding hydrogens is 334 g/mol. The van der Waals surface area contributed by atoms with Gasteiger partial charge in [0.2, 0.25) is 0 Å². The predicted molar refractivity (Wildman–Crippen MR) is 94.8 cm³/mol. The van der Waals surface area contributed by atoms with Gasteiger partial charge in [0, 0.05) is 10.1 Å². The van der Waals surface area contributed by atoms with Crippen LogP contribution in [0.3, 0.4) is 0 Å². The molecule has 2 aromatic carbocycles. The topological polar surface area (TPSA) is 119 Å². The minimum Gasteiger partial charge on any atom is -0.508 e. The second kappa shape index (κ2) is 6.59. The molecule has 0 aliphatic heterocycles. The standard InChI is InChI=1S/C16H19N3O2S.ClH/c17-15-14(22-12-5-3-10(20)4-6-12)7-9-1-2-11(21)8-13(9)16(15,18)19;/h1-6,8,14-15,20-21H,7,17-19H2;1H/t14-,15+;/m1./s1. The molecule has 2 aromatic rings. The fourth-order valence-corrected chi connectivity index (χ4v) is 4.07. The van der Waals surface area contributed by atoms with Crippen LogP contribution in [-0.4, -0.2) is 21.5 Å². The number of nitrogens with two attached hydrogens (primary N) is 3. The van der Waals surface area contributed by atoms with Crippen LogP contribution in [0.15, 0.2) is 47.4 Å². The summed E-state index contributed by atoms with van der Waals surface area (Å²) in [6.45, 7) is 0. The summed E-state index contributed by atoms with van der Waals surface area (Å²) in [4.78, 5) is 0.997. The van der Waals surface area contributed by atoms with E-state index in [1.807, 2.05) is 18.2 Å². The summed E-state index contributed by atoms with van der Waals surface area (Å²) in [6.07, 6.45) is 0.721. The largest absolute Gasteiger partial charge is 0.508 e. The molecule has 8 N–H and O–H groups in total. The molecule has 0 saturated heterocycles. The molecular formula is C16H20ClN3O2S. The van der Waals surface area contributed by atoms with Crippen molar-refractivity contribution in [1.82, 2.24) is 0 Å². The van der Waals surface area contributed by atoms with Gasteiger partial charge in [-0.2, -0.15) is 0 Å². The van der Waals surface area contributed by atoms with Crippen LogP contribution >= 0.6 is 24.2 Å². The molecule has 7 heteroatoms. The van der Waals surface area contributed by atoms with Gasteiger partial charge in [0.15, 0.2) is 0 Å². The fourth-order valence-electron chi connectivity index (χ4n) is 2.79.